The lowest BCUT2D eigenvalue weighted by Gasteiger charge is -1.98. The lowest BCUT2D eigenvalue weighted by molar-refractivity contribution is 0.693. The van der Waals surface area contributed by atoms with E-state index in [1.54, 1.807) is 12.1 Å². The maximum atomic E-state index is 11.6. The SMILES string of the molecule is [3H]c1c(C)cccc1-n1nnn(C)c1=O. The number of rotatable bonds is 1. The van der Waals surface area contributed by atoms with Crippen molar-refractivity contribution in [2.24, 2.45) is 7.05 Å². The minimum Gasteiger partial charge on any atom is -0.244 e. The van der Waals surface area contributed by atoms with Gasteiger partial charge < -0.3 is 0 Å². The van der Waals surface area contributed by atoms with Crippen LogP contribution in [0, 0.1) is 6.92 Å². The molecule has 1 aromatic carbocycles. The van der Waals surface area contributed by atoms with Crippen molar-refractivity contribution in [2.45, 2.75) is 6.92 Å². The smallest absolute Gasteiger partial charge is 0.244 e. The van der Waals surface area contributed by atoms with Gasteiger partial charge >= 0.3 is 5.69 Å². The molecule has 0 spiro atoms. The van der Waals surface area contributed by atoms with Gasteiger partial charge in [-0.1, -0.05) is 12.1 Å². The van der Waals surface area contributed by atoms with Gasteiger partial charge in [0.1, 0.15) is 0 Å². The van der Waals surface area contributed by atoms with Gasteiger partial charge in [-0.05, 0) is 35.0 Å². The lowest BCUT2D eigenvalue weighted by atomic mass is 10.2. The maximum Gasteiger partial charge on any atom is 0.368 e. The van der Waals surface area contributed by atoms with Crippen LogP contribution in [0.1, 0.15) is 6.93 Å². The predicted molar refractivity (Wildman–Crippen MR) is 51.3 cm³/mol. The Morgan fingerprint density at radius 2 is 2.21 bits per heavy atom. The summed E-state index contributed by atoms with van der Waals surface area (Å²) in [5.74, 6) is 0. The van der Waals surface area contributed by atoms with Crippen LogP contribution in [-0.4, -0.2) is 19.8 Å². The number of hydrogen-bond donors (Lipinski definition) is 0. The second-order valence-corrected chi connectivity index (χ2v) is 3.02. The number of tetrazole rings is 1. The van der Waals surface area contributed by atoms with Gasteiger partial charge in [0.05, 0.1) is 7.06 Å². The van der Waals surface area contributed by atoms with E-state index in [0.29, 0.717) is 11.7 Å². The van der Waals surface area contributed by atoms with Gasteiger partial charge in [0.15, 0.2) is 0 Å². The van der Waals surface area contributed by atoms with E-state index >= 15 is 0 Å². The standard InChI is InChI=1S/C9H10N4O/c1-7-4-3-5-8(6-7)13-9(14)12(2)10-11-13/h3-6H,1-2H3/i6T. The molecule has 0 saturated heterocycles. The van der Waals surface area contributed by atoms with Crippen LogP contribution in [-0.2, 0) is 7.05 Å². The molecular weight excluding hydrogens is 180 g/mol. The molecule has 0 N–H and O–H groups in total. The number of hydrogen-bond acceptors (Lipinski definition) is 3. The third-order valence-corrected chi connectivity index (χ3v) is 1.88. The van der Waals surface area contributed by atoms with Gasteiger partial charge in [-0.15, -0.1) is 0 Å². The lowest BCUT2D eigenvalue weighted by Crippen LogP contribution is -2.21. The highest BCUT2D eigenvalue weighted by molar-refractivity contribution is 5.33. The van der Waals surface area contributed by atoms with Gasteiger partial charge in [-0.25, -0.2) is 4.79 Å². The molecule has 0 aliphatic rings. The van der Waals surface area contributed by atoms with E-state index in [1.807, 2.05) is 13.0 Å². The van der Waals surface area contributed by atoms with E-state index in [4.69, 9.17) is 1.37 Å². The van der Waals surface area contributed by atoms with Crippen LogP contribution in [0.15, 0.2) is 29.0 Å². The van der Waals surface area contributed by atoms with E-state index in [9.17, 15) is 4.79 Å². The quantitative estimate of drug-likeness (QED) is 0.652. The summed E-state index contributed by atoms with van der Waals surface area (Å²) < 4.78 is 10.0. The molecule has 0 saturated carbocycles. The summed E-state index contributed by atoms with van der Waals surface area (Å²) in [7, 11) is 1.52. The molecule has 0 atom stereocenters. The zero-order valence-electron chi connectivity index (χ0n) is 8.93. The van der Waals surface area contributed by atoms with Crippen LogP contribution in [0.25, 0.3) is 5.69 Å². The Hall–Kier alpha value is -1.91. The Morgan fingerprint density at radius 3 is 2.86 bits per heavy atom. The highest BCUT2D eigenvalue weighted by Gasteiger charge is 2.04. The van der Waals surface area contributed by atoms with Crippen LogP contribution in [0.5, 0.6) is 0 Å². The monoisotopic (exact) mass is 192 g/mol. The van der Waals surface area contributed by atoms with E-state index < -0.39 is 0 Å². The molecule has 14 heavy (non-hydrogen) atoms. The van der Waals surface area contributed by atoms with Gasteiger partial charge in [0, 0.05) is 7.05 Å². The zero-order valence-corrected chi connectivity index (χ0v) is 7.93. The number of aryl methyl sites for hydroxylation is 2. The molecule has 72 valence electrons. The molecule has 5 heteroatoms. The van der Waals surface area contributed by atoms with Crippen molar-refractivity contribution >= 4 is 0 Å². The Bertz CT molecular complexity index is 557. The van der Waals surface area contributed by atoms with E-state index in [0.717, 1.165) is 14.9 Å². The molecule has 0 radical (unpaired) electrons. The molecule has 2 rings (SSSR count). The van der Waals surface area contributed by atoms with Crippen LogP contribution in [0.4, 0.5) is 0 Å². The molecular formula is C9H10N4O. The molecule has 0 unspecified atom stereocenters. The Kier molecular flexibility index (Phi) is 1.66. The molecule has 1 heterocycles. The number of nitrogens with zero attached hydrogens (tertiary/aromatic N) is 4. The maximum absolute atomic E-state index is 11.6. The predicted octanol–water partition coefficient (Wildman–Crippen LogP) is 0.274. The molecule has 0 amide bonds. The summed E-state index contributed by atoms with van der Waals surface area (Å²) in [6, 6.07) is 5.56. The fourth-order valence-electron chi connectivity index (χ4n) is 1.16. The molecule has 1 aromatic heterocycles. The van der Waals surface area contributed by atoms with Crippen molar-refractivity contribution in [2.75, 3.05) is 0 Å². The first-order chi connectivity index (χ1) is 7.11. The molecule has 0 bridgehead atoms. The van der Waals surface area contributed by atoms with Crippen LogP contribution < -0.4 is 5.69 Å². The normalized spacial score (nSPS) is 11.4. The minimum absolute atomic E-state index is 0.292. The first kappa shape index (κ1) is 7.49. The average Bonchev–Trinajstić information content (AvgIpc) is 2.53. The fraction of sp³-hybridized carbons (Fsp3) is 0.222. The average molecular weight is 192 g/mol. The highest BCUT2D eigenvalue weighted by atomic mass is 16.2. The van der Waals surface area contributed by atoms with Gasteiger partial charge in [0.2, 0.25) is 0 Å². The Balaban J connectivity index is 2.70. The van der Waals surface area contributed by atoms with Crippen molar-refractivity contribution in [1.29, 1.82) is 0 Å². The third-order valence-electron chi connectivity index (χ3n) is 1.88. The van der Waals surface area contributed by atoms with Gasteiger partial charge in [-0.2, -0.15) is 9.36 Å². The van der Waals surface area contributed by atoms with Crippen molar-refractivity contribution in [1.82, 2.24) is 19.8 Å². The Morgan fingerprint density at radius 1 is 1.43 bits per heavy atom. The zero-order chi connectivity index (χ0) is 11.0. The van der Waals surface area contributed by atoms with E-state index in [1.165, 1.54) is 7.05 Å². The van der Waals surface area contributed by atoms with E-state index in [2.05, 4.69) is 10.4 Å². The first-order valence-corrected chi connectivity index (χ1v) is 4.17. The van der Waals surface area contributed by atoms with E-state index in [-0.39, 0.29) is 5.69 Å². The first-order valence-electron chi connectivity index (χ1n) is 4.67. The molecule has 5 nitrogen and oxygen atoms in total. The number of benzene rings is 1. The highest BCUT2D eigenvalue weighted by Crippen LogP contribution is 2.05. The second-order valence-electron chi connectivity index (χ2n) is 3.02. The van der Waals surface area contributed by atoms with Crippen LogP contribution in [0.3, 0.4) is 0 Å². The summed E-state index contributed by atoms with van der Waals surface area (Å²) in [4.78, 5) is 11.6. The Labute approximate surface area is 82.0 Å². The van der Waals surface area contributed by atoms with Crippen molar-refractivity contribution < 1.29 is 1.37 Å². The van der Waals surface area contributed by atoms with Crippen LogP contribution in [0.2, 0.25) is 0 Å². The molecule has 0 fully saturated rings. The summed E-state index contributed by atoms with van der Waals surface area (Å²) in [5, 5.41) is 7.28. The summed E-state index contributed by atoms with van der Waals surface area (Å²) >= 11 is 0. The second kappa shape index (κ2) is 3.10. The number of aromatic nitrogens is 4. The van der Waals surface area contributed by atoms with Gasteiger partial charge in [0.25, 0.3) is 0 Å². The molecule has 0 aliphatic heterocycles. The summed E-state index contributed by atoms with van der Waals surface area (Å²) in [6.07, 6.45) is 0. The summed E-state index contributed by atoms with van der Waals surface area (Å²) in [5.41, 5.74) is 0.896. The van der Waals surface area contributed by atoms with Gasteiger partial charge in [-0.3, -0.25) is 0 Å². The molecule has 2 aromatic rings. The largest absolute Gasteiger partial charge is 0.368 e. The summed E-state index contributed by atoms with van der Waals surface area (Å²) in [6.45, 7) is 1.81. The minimum atomic E-state index is -0.353. The van der Waals surface area contributed by atoms with Crippen molar-refractivity contribution in [3.63, 3.8) is 0 Å². The fourth-order valence-corrected chi connectivity index (χ4v) is 1.16. The van der Waals surface area contributed by atoms with Crippen molar-refractivity contribution in [3.05, 3.63) is 40.3 Å². The van der Waals surface area contributed by atoms with Crippen molar-refractivity contribution in [3.8, 4) is 5.69 Å². The third kappa shape index (κ3) is 1.32. The van der Waals surface area contributed by atoms with Crippen LogP contribution >= 0.6 is 0 Å². The molecule has 0 aliphatic carbocycles. The topological polar surface area (TPSA) is 52.7 Å².